The molecule has 0 radical (unpaired) electrons. The molecule has 0 aliphatic heterocycles. The normalized spacial score (nSPS) is 11.7. The highest BCUT2D eigenvalue weighted by Gasteiger charge is 2.10. The van der Waals surface area contributed by atoms with Gasteiger partial charge < -0.3 is 15.2 Å². The summed E-state index contributed by atoms with van der Waals surface area (Å²) in [5.74, 6) is 0. The number of aryl methyl sites for hydroxylation is 1. The lowest BCUT2D eigenvalue weighted by Crippen LogP contribution is -2.32. The number of nitrogens with zero attached hydrogens (tertiary/aromatic N) is 3. The van der Waals surface area contributed by atoms with Crippen LogP contribution in [0.3, 0.4) is 0 Å². The molecule has 0 unspecified atom stereocenters. The van der Waals surface area contributed by atoms with E-state index in [4.69, 9.17) is 5.73 Å². The number of nitrogens with two attached hydrogens (primary N) is 1. The van der Waals surface area contributed by atoms with Crippen LogP contribution in [-0.4, -0.2) is 29.2 Å². The first kappa shape index (κ1) is 14.6. The van der Waals surface area contributed by atoms with Gasteiger partial charge in [0.15, 0.2) is 0 Å². The van der Waals surface area contributed by atoms with Crippen LogP contribution in [0, 0.1) is 0 Å². The Hall–Kier alpha value is -1.81. The average Bonchev–Trinajstić information content (AvgIpc) is 2.84. The Bertz CT molecular complexity index is 547. The molecule has 0 fully saturated rings. The lowest BCUT2D eigenvalue weighted by atomic mass is 10.0. The first-order valence-corrected chi connectivity index (χ1v) is 6.93. The molecule has 1 heterocycles. The Balaban J connectivity index is 2.08. The average molecular weight is 272 g/mol. The molecule has 0 aliphatic rings. The smallest absolute Gasteiger partial charge is 0.0953 e. The zero-order chi connectivity index (χ0) is 14.8. The summed E-state index contributed by atoms with van der Waals surface area (Å²) in [6, 6.07) is 8.43. The van der Waals surface area contributed by atoms with Crippen LogP contribution < -0.4 is 10.6 Å². The first-order chi connectivity index (χ1) is 9.35. The lowest BCUT2D eigenvalue weighted by molar-refractivity contribution is 0.436. The number of hydrogen-bond donors (Lipinski definition) is 1. The fourth-order valence-corrected chi connectivity index (χ4v) is 1.98. The van der Waals surface area contributed by atoms with E-state index in [1.165, 1.54) is 5.69 Å². The van der Waals surface area contributed by atoms with Crippen molar-refractivity contribution in [1.82, 2.24) is 9.55 Å². The summed E-state index contributed by atoms with van der Waals surface area (Å²) in [7, 11) is 4.08. The maximum absolute atomic E-state index is 6.01. The molecular weight excluding hydrogens is 248 g/mol. The molecule has 0 amide bonds. The Labute approximate surface area is 121 Å². The second kappa shape index (κ2) is 5.67. The summed E-state index contributed by atoms with van der Waals surface area (Å²) in [6.45, 7) is 4.99. The van der Waals surface area contributed by atoms with Crippen molar-refractivity contribution in [2.75, 3.05) is 19.0 Å². The molecule has 1 aromatic carbocycles. The molecule has 1 aromatic heterocycles. The van der Waals surface area contributed by atoms with Gasteiger partial charge in [-0.2, -0.15) is 0 Å². The van der Waals surface area contributed by atoms with E-state index in [1.807, 2.05) is 34.3 Å². The largest absolute Gasteiger partial charge is 0.378 e. The summed E-state index contributed by atoms with van der Waals surface area (Å²) in [4.78, 5) is 6.56. The van der Waals surface area contributed by atoms with E-state index in [2.05, 4.69) is 44.9 Å². The van der Waals surface area contributed by atoms with Crippen LogP contribution in [0.1, 0.15) is 20.3 Å². The lowest BCUT2D eigenvalue weighted by Gasteiger charge is -2.18. The van der Waals surface area contributed by atoms with Crippen LogP contribution in [0.2, 0.25) is 0 Å². The second-order valence-electron chi connectivity index (χ2n) is 6.18. The number of anilines is 1. The van der Waals surface area contributed by atoms with Gasteiger partial charge >= 0.3 is 0 Å². The standard InChI is InChI=1S/C16H24N4/c1-16(2,17)9-10-20-11-15(18-12-20)13-5-7-14(8-6-13)19(3)4/h5-8,11-12H,9-10,17H2,1-4H3. The van der Waals surface area contributed by atoms with E-state index in [-0.39, 0.29) is 5.54 Å². The van der Waals surface area contributed by atoms with E-state index in [0.717, 1.165) is 24.2 Å². The third-order valence-corrected chi connectivity index (χ3v) is 3.33. The van der Waals surface area contributed by atoms with Gasteiger partial charge in [0, 0.05) is 43.6 Å². The SMILES string of the molecule is CN(C)c1ccc(-c2cn(CCC(C)(C)N)cn2)cc1. The summed E-state index contributed by atoms with van der Waals surface area (Å²) in [5.41, 5.74) is 9.20. The second-order valence-corrected chi connectivity index (χ2v) is 6.18. The predicted molar refractivity (Wildman–Crippen MR) is 84.9 cm³/mol. The molecule has 0 saturated carbocycles. The first-order valence-electron chi connectivity index (χ1n) is 6.93. The van der Waals surface area contributed by atoms with Crippen molar-refractivity contribution in [3.63, 3.8) is 0 Å². The van der Waals surface area contributed by atoms with Gasteiger partial charge in [-0.25, -0.2) is 4.98 Å². The molecule has 0 atom stereocenters. The van der Waals surface area contributed by atoms with Gasteiger partial charge in [-0.05, 0) is 32.4 Å². The minimum Gasteiger partial charge on any atom is -0.378 e. The topological polar surface area (TPSA) is 47.1 Å². The van der Waals surface area contributed by atoms with Gasteiger partial charge in [0.2, 0.25) is 0 Å². The highest BCUT2D eigenvalue weighted by molar-refractivity contribution is 5.62. The van der Waals surface area contributed by atoms with E-state index in [1.54, 1.807) is 0 Å². The van der Waals surface area contributed by atoms with Crippen LogP contribution in [0.4, 0.5) is 5.69 Å². The number of aromatic nitrogens is 2. The zero-order valence-electron chi connectivity index (χ0n) is 12.8. The molecule has 4 nitrogen and oxygen atoms in total. The summed E-state index contributed by atoms with van der Waals surface area (Å²) >= 11 is 0. The fraction of sp³-hybridized carbons (Fsp3) is 0.438. The van der Waals surface area contributed by atoms with E-state index < -0.39 is 0 Å². The Morgan fingerprint density at radius 1 is 1.20 bits per heavy atom. The van der Waals surface area contributed by atoms with Crippen LogP contribution in [0.15, 0.2) is 36.8 Å². The van der Waals surface area contributed by atoms with Gasteiger partial charge in [0.25, 0.3) is 0 Å². The van der Waals surface area contributed by atoms with Gasteiger partial charge in [0.05, 0.1) is 12.0 Å². The van der Waals surface area contributed by atoms with Crippen molar-refractivity contribution < 1.29 is 0 Å². The van der Waals surface area contributed by atoms with Crippen LogP contribution in [-0.2, 0) is 6.54 Å². The predicted octanol–water partition coefficient (Wildman–Crippen LogP) is 2.74. The van der Waals surface area contributed by atoms with E-state index in [9.17, 15) is 0 Å². The van der Waals surface area contributed by atoms with Crippen LogP contribution in [0.25, 0.3) is 11.3 Å². The van der Waals surface area contributed by atoms with Crippen molar-refractivity contribution >= 4 is 5.69 Å². The van der Waals surface area contributed by atoms with Gasteiger partial charge in [-0.3, -0.25) is 0 Å². The molecule has 2 rings (SSSR count). The molecule has 0 spiro atoms. The molecule has 0 aliphatic carbocycles. The summed E-state index contributed by atoms with van der Waals surface area (Å²) < 4.78 is 2.10. The minimum atomic E-state index is -0.141. The van der Waals surface area contributed by atoms with Crippen molar-refractivity contribution in [1.29, 1.82) is 0 Å². The van der Waals surface area contributed by atoms with Crippen LogP contribution >= 0.6 is 0 Å². The van der Waals surface area contributed by atoms with Crippen molar-refractivity contribution in [3.05, 3.63) is 36.8 Å². The third kappa shape index (κ3) is 3.84. The summed E-state index contributed by atoms with van der Waals surface area (Å²) in [6.07, 6.45) is 4.89. The van der Waals surface area contributed by atoms with Gasteiger partial charge in [-0.15, -0.1) is 0 Å². The van der Waals surface area contributed by atoms with E-state index >= 15 is 0 Å². The van der Waals surface area contributed by atoms with Crippen molar-refractivity contribution in [2.24, 2.45) is 5.73 Å². The third-order valence-electron chi connectivity index (χ3n) is 3.33. The minimum absolute atomic E-state index is 0.141. The fourth-order valence-electron chi connectivity index (χ4n) is 1.98. The zero-order valence-corrected chi connectivity index (χ0v) is 12.8. The van der Waals surface area contributed by atoms with E-state index in [0.29, 0.717) is 0 Å². The molecule has 4 heteroatoms. The highest BCUT2D eigenvalue weighted by Crippen LogP contribution is 2.21. The van der Waals surface area contributed by atoms with Crippen molar-refractivity contribution in [2.45, 2.75) is 32.4 Å². The Kier molecular flexibility index (Phi) is 4.14. The molecule has 108 valence electrons. The molecule has 20 heavy (non-hydrogen) atoms. The number of hydrogen-bond acceptors (Lipinski definition) is 3. The molecule has 2 aromatic rings. The monoisotopic (exact) mass is 272 g/mol. The number of rotatable bonds is 5. The van der Waals surface area contributed by atoms with Crippen LogP contribution in [0.5, 0.6) is 0 Å². The number of benzene rings is 1. The number of imidazole rings is 1. The molecule has 0 saturated heterocycles. The Morgan fingerprint density at radius 3 is 2.40 bits per heavy atom. The Morgan fingerprint density at radius 2 is 1.85 bits per heavy atom. The van der Waals surface area contributed by atoms with Gasteiger partial charge in [-0.1, -0.05) is 12.1 Å². The highest BCUT2D eigenvalue weighted by atomic mass is 15.1. The van der Waals surface area contributed by atoms with Crippen molar-refractivity contribution in [3.8, 4) is 11.3 Å². The van der Waals surface area contributed by atoms with Gasteiger partial charge in [0.1, 0.15) is 0 Å². The molecule has 0 bridgehead atoms. The summed E-state index contributed by atoms with van der Waals surface area (Å²) in [5, 5.41) is 0. The maximum Gasteiger partial charge on any atom is 0.0953 e. The molecular formula is C16H24N4. The quantitative estimate of drug-likeness (QED) is 0.910. The maximum atomic E-state index is 6.01. The molecule has 2 N–H and O–H groups in total.